The summed E-state index contributed by atoms with van der Waals surface area (Å²) in [5, 5.41) is 4.73. The topological polar surface area (TPSA) is 60.2 Å². The van der Waals surface area contributed by atoms with E-state index in [0.717, 1.165) is 12.0 Å². The van der Waals surface area contributed by atoms with Crippen LogP contribution in [0, 0.1) is 0 Å². The highest BCUT2D eigenvalue weighted by Crippen LogP contribution is 2.12. The Hall–Kier alpha value is -0.870. The molecule has 0 saturated carbocycles. The van der Waals surface area contributed by atoms with Crippen LogP contribution in [0.2, 0.25) is 0 Å². The number of sulfonamides is 1. The van der Waals surface area contributed by atoms with E-state index >= 15 is 0 Å². The van der Waals surface area contributed by atoms with Crippen molar-refractivity contribution in [2.45, 2.75) is 31.4 Å². The van der Waals surface area contributed by atoms with Crippen molar-refractivity contribution < 1.29 is 8.42 Å². The van der Waals surface area contributed by atoms with Crippen LogP contribution in [0.3, 0.4) is 0 Å². The molecular weight excluding hydrogens is 210 g/mol. The first kappa shape index (κ1) is 12.2. The van der Waals surface area contributed by atoms with Gasteiger partial charge in [-0.3, -0.25) is 0 Å². The number of nitrogens with two attached hydrogens (primary N) is 1. The highest BCUT2D eigenvalue weighted by Gasteiger charge is 2.20. The summed E-state index contributed by atoms with van der Waals surface area (Å²) >= 11 is 0. The fourth-order valence-electron chi connectivity index (χ4n) is 1.58. The molecule has 1 atom stereocenters. The molecule has 0 aliphatic heterocycles. The summed E-state index contributed by atoms with van der Waals surface area (Å²) in [6.45, 7) is 1.96. The first-order valence-electron chi connectivity index (χ1n) is 5.09. The Balaban J connectivity index is 2.76. The van der Waals surface area contributed by atoms with E-state index in [2.05, 4.69) is 0 Å². The minimum Gasteiger partial charge on any atom is -0.228 e. The van der Waals surface area contributed by atoms with Gasteiger partial charge in [0.25, 0.3) is 0 Å². The summed E-state index contributed by atoms with van der Waals surface area (Å²) in [6, 6.07) is 9.57. The number of hydrogen-bond acceptors (Lipinski definition) is 2. The Morgan fingerprint density at radius 1 is 1.27 bits per heavy atom. The predicted octanol–water partition coefficient (Wildman–Crippen LogP) is 1.69. The van der Waals surface area contributed by atoms with Gasteiger partial charge in [-0.15, -0.1) is 0 Å². The standard InChI is InChI=1S/C11H17NO2S/c1-2-6-11(15(12,13)14)9-10-7-4-3-5-8-10/h3-5,7-8,11H,2,6,9H2,1H3,(H2,12,13,14). The van der Waals surface area contributed by atoms with Crippen LogP contribution in [0.15, 0.2) is 30.3 Å². The first-order valence-corrected chi connectivity index (χ1v) is 6.70. The monoisotopic (exact) mass is 227 g/mol. The average molecular weight is 227 g/mol. The van der Waals surface area contributed by atoms with Gasteiger partial charge in [0, 0.05) is 0 Å². The highest BCUT2D eigenvalue weighted by atomic mass is 32.2. The van der Waals surface area contributed by atoms with Crippen molar-refractivity contribution in [3.05, 3.63) is 35.9 Å². The second kappa shape index (κ2) is 5.28. The Morgan fingerprint density at radius 3 is 2.33 bits per heavy atom. The third-order valence-electron chi connectivity index (χ3n) is 2.38. The van der Waals surface area contributed by atoms with E-state index in [9.17, 15) is 8.42 Å². The van der Waals surface area contributed by atoms with Crippen molar-refractivity contribution in [2.24, 2.45) is 5.14 Å². The molecule has 1 aromatic rings. The van der Waals surface area contributed by atoms with Crippen LogP contribution in [0.1, 0.15) is 25.3 Å². The van der Waals surface area contributed by atoms with Gasteiger partial charge in [0.05, 0.1) is 5.25 Å². The lowest BCUT2D eigenvalue weighted by Crippen LogP contribution is -2.30. The molecule has 0 fully saturated rings. The van der Waals surface area contributed by atoms with E-state index in [1.165, 1.54) is 0 Å². The molecule has 0 aliphatic carbocycles. The quantitative estimate of drug-likeness (QED) is 0.832. The van der Waals surface area contributed by atoms with Crippen molar-refractivity contribution in [1.29, 1.82) is 0 Å². The molecule has 84 valence electrons. The maximum Gasteiger partial charge on any atom is 0.212 e. The zero-order chi connectivity index (χ0) is 11.3. The number of benzene rings is 1. The molecule has 15 heavy (non-hydrogen) atoms. The number of primary sulfonamides is 1. The van der Waals surface area contributed by atoms with E-state index in [1.807, 2.05) is 37.3 Å². The molecule has 0 amide bonds. The predicted molar refractivity (Wildman–Crippen MR) is 61.9 cm³/mol. The Labute approximate surface area is 91.4 Å². The smallest absolute Gasteiger partial charge is 0.212 e. The summed E-state index contributed by atoms with van der Waals surface area (Å²) in [5.74, 6) is 0. The van der Waals surface area contributed by atoms with Gasteiger partial charge in [0.1, 0.15) is 0 Å². The summed E-state index contributed by atoms with van der Waals surface area (Å²) < 4.78 is 22.6. The molecule has 1 unspecified atom stereocenters. The lowest BCUT2D eigenvalue weighted by Gasteiger charge is -2.13. The van der Waals surface area contributed by atoms with E-state index in [0.29, 0.717) is 12.8 Å². The maximum absolute atomic E-state index is 11.3. The van der Waals surface area contributed by atoms with E-state index < -0.39 is 15.3 Å². The maximum atomic E-state index is 11.3. The van der Waals surface area contributed by atoms with Crippen LogP contribution in [-0.4, -0.2) is 13.7 Å². The van der Waals surface area contributed by atoms with Crippen LogP contribution in [0.5, 0.6) is 0 Å². The van der Waals surface area contributed by atoms with Gasteiger partial charge in [-0.2, -0.15) is 0 Å². The molecule has 0 radical (unpaired) electrons. The third-order valence-corrected chi connectivity index (χ3v) is 3.71. The number of hydrogen-bond donors (Lipinski definition) is 1. The van der Waals surface area contributed by atoms with Gasteiger partial charge in [-0.1, -0.05) is 43.7 Å². The van der Waals surface area contributed by atoms with Crippen LogP contribution in [0.25, 0.3) is 0 Å². The van der Waals surface area contributed by atoms with Crippen molar-refractivity contribution in [1.82, 2.24) is 0 Å². The minimum absolute atomic E-state index is 0.454. The minimum atomic E-state index is -3.43. The fourth-order valence-corrected chi connectivity index (χ4v) is 2.57. The van der Waals surface area contributed by atoms with Crippen molar-refractivity contribution >= 4 is 10.0 Å². The lowest BCUT2D eigenvalue weighted by atomic mass is 10.1. The second-order valence-electron chi connectivity index (χ2n) is 3.69. The van der Waals surface area contributed by atoms with Crippen molar-refractivity contribution in [2.75, 3.05) is 0 Å². The fraction of sp³-hybridized carbons (Fsp3) is 0.455. The Morgan fingerprint density at radius 2 is 1.87 bits per heavy atom. The van der Waals surface area contributed by atoms with Gasteiger partial charge < -0.3 is 0 Å². The summed E-state index contributed by atoms with van der Waals surface area (Å²) in [6.07, 6.45) is 1.95. The SMILES string of the molecule is CCCC(Cc1ccccc1)S(N)(=O)=O. The second-order valence-corrected chi connectivity index (χ2v) is 5.53. The van der Waals surface area contributed by atoms with Gasteiger partial charge in [-0.25, -0.2) is 13.6 Å². The zero-order valence-electron chi connectivity index (χ0n) is 8.89. The number of rotatable bonds is 5. The van der Waals surface area contributed by atoms with E-state index in [-0.39, 0.29) is 0 Å². The van der Waals surface area contributed by atoms with Crippen molar-refractivity contribution in [3.63, 3.8) is 0 Å². The molecule has 0 aromatic heterocycles. The van der Waals surface area contributed by atoms with Gasteiger partial charge in [-0.05, 0) is 18.4 Å². The highest BCUT2D eigenvalue weighted by molar-refractivity contribution is 7.89. The molecule has 0 saturated heterocycles. The summed E-state index contributed by atoms with van der Waals surface area (Å²) in [4.78, 5) is 0. The molecule has 2 N–H and O–H groups in total. The molecule has 0 bridgehead atoms. The lowest BCUT2D eigenvalue weighted by molar-refractivity contribution is 0.568. The molecule has 0 aliphatic rings. The average Bonchev–Trinajstić information content (AvgIpc) is 2.17. The van der Waals surface area contributed by atoms with Gasteiger partial charge in [0.2, 0.25) is 10.0 Å². The third kappa shape index (κ3) is 4.01. The molecule has 1 rings (SSSR count). The van der Waals surface area contributed by atoms with E-state index in [4.69, 9.17) is 5.14 Å². The van der Waals surface area contributed by atoms with Crippen molar-refractivity contribution in [3.8, 4) is 0 Å². The molecule has 3 nitrogen and oxygen atoms in total. The summed E-state index contributed by atoms with van der Waals surface area (Å²) in [7, 11) is -3.43. The van der Waals surface area contributed by atoms with Gasteiger partial charge >= 0.3 is 0 Å². The Bertz CT molecular complexity index is 386. The summed E-state index contributed by atoms with van der Waals surface area (Å²) in [5.41, 5.74) is 1.02. The molecule has 0 heterocycles. The van der Waals surface area contributed by atoms with Crippen LogP contribution in [-0.2, 0) is 16.4 Å². The van der Waals surface area contributed by atoms with Gasteiger partial charge in [0.15, 0.2) is 0 Å². The molecule has 4 heteroatoms. The molecule has 1 aromatic carbocycles. The Kier molecular flexibility index (Phi) is 4.29. The van der Waals surface area contributed by atoms with Crippen LogP contribution in [0.4, 0.5) is 0 Å². The zero-order valence-corrected chi connectivity index (χ0v) is 9.70. The first-order chi connectivity index (χ1) is 7.04. The molecular formula is C11H17NO2S. The largest absolute Gasteiger partial charge is 0.228 e. The normalized spacial score (nSPS) is 13.7. The molecule has 0 spiro atoms. The van der Waals surface area contributed by atoms with Crippen LogP contribution < -0.4 is 5.14 Å². The van der Waals surface area contributed by atoms with Crippen LogP contribution >= 0.6 is 0 Å². The van der Waals surface area contributed by atoms with E-state index in [1.54, 1.807) is 0 Å².